The van der Waals surface area contributed by atoms with E-state index in [1.165, 1.54) is 0 Å². The monoisotopic (exact) mass is 168 g/mol. The van der Waals surface area contributed by atoms with Crippen LogP contribution >= 0.6 is 0 Å². The minimum absolute atomic E-state index is 0.153. The van der Waals surface area contributed by atoms with Crippen LogP contribution in [0.2, 0.25) is 0 Å². The van der Waals surface area contributed by atoms with E-state index in [0.717, 1.165) is 13.0 Å². The summed E-state index contributed by atoms with van der Waals surface area (Å²) in [5, 5.41) is 18.2. The number of aliphatic hydroxyl groups excluding tert-OH is 1. The van der Waals surface area contributed by atoms with Crippen LogP contribution in [0.1, 0.15) is 20.3 Å². The predicted molar refractivity (Wildman–Crippen MR) is 46.4 cm³/mol. The summed E-state index contributed by atoms with van der Waals surface area (Å²) in [6.45, 7) is 5.81. The Kier molecular flexibility index (Phi) is 3.07. The number of piperidine rings is 1. The average Bonchev–Trinajstić information content (AvgIpc) is 2.04. The molecule has 3 heteroatoms. The molecule has 1 rings (SSSR count). The molecule has 1 aliphatic heterocycles. The lowest BCUT2D eigenvalue weighted by Gasteiger charge is -2.35. The van der Waals surface area contributed by atoms with E-state index in [1.807, 2.05) is 0 Å². The van der Waals surface area contributed by atoms with Gasteiger partial charge in [-0.05, 0) is 26.8 Å². The van der Waals surface area contributed by atoms with Crippen molar-refractivity contribution in [3.05, 3.63) is 0 Å². The maximum Gasteiger partial charge on any atom is 0.0825 e. The Balaban J connectivity index is 2.47. The van der Waals surface area contributed by atoms with Crippen molar-refractivity contribution in [2.45, 2.75) is 32.4 Å². The molecule has 1 heterocycles. The molecule has 1 saturated heterocycles. The van der Waals surface area contributed by atoms with Gasteiger partial charge in [0.2, 0.25) is 0 Å². The third-order valence-corrected chi connectivity index (χ3v) is 2.51. The van der Waals surface area contributed by atoms with Crippen molar-refractivity contribution in [3.63, 3.8) is 0 Å². The zero-order valence-electron chi connectivity index (χ0n) is 7.70. The van der Waals surface area contributed by atoms with Crippen molar-refractivity contribution in [1.82, 2.24) is 4.90 Å². The summed E-state index contributed by atoms with van der Waals surface area (Å²) in [5.41, 5.74) is 0. The van der Waals surface area contributed by atoms with Crippen LogP contribution < -0.4 is 0 Å². The molecule has 0 saturated carbocycles. The molecule has 0 amide bonds. The highest BCUT2D eigenvalue weighted by molar-refractivity contribution is 4.93. The van der Waals surface area contributed by atoms with Crippen LogP contribution in [-0.2, 0) is 0 Å². The summed E-state index contributed by atoms with van der Waals surface area (Å²) in [4.78, 5) is 2.21. The van der Waals surface area contributed by atoms with Gasteiger partial charge in [0.1, 0.15) is 0 Å². The largest absolute Gasteiger partial charge is 0.390 e. The lowest BCUT2D eigenvalue weighted by Crippen LogP contribution is -2.46. The van der Waals surface area contributed by atoms with Gasteiger partial charge in [-0.3, -0.25) is 4.90 Å². The standard InChI is InChI=1S/C9H16N2O/c1-7(2)11-4-3-8(5-10)9(12)6-11/h7-9,12H,3-4,6H2,1-2H3. The van der Waals surface area contributed by atoms with Crippen molar-refractivity contribution in [1.29, 1.82) is 5.26 Å². The first-order valence-corrected chi connectivity index (χ1v) is 4.47. The van der Waals surface area contributed by atoms with E-state index in [1.54, 1.807) is 0 Å². The van der Waals surface area contributed by atoms with Crippen molar-refractivity contribution in [2.75, 3.05) is 13.1 Å². The molecule has 0 radical (unpaired) electrons. The molecular weight excluding hydrogens is 152 g/mol. The van der Waals surface area contributed by atoms with E-state index in [0.29, 0.717) is 12.6 Å². The highest BCUT2D eigenvalue weighted by atomic mass is 16.3. The molecule has 68 valence electrons. The summed E-state index contributed by atoms with van der Waals surface area (Å²) in [6.07, 6.45) is 0.349. The van der Waals surface area contributed by atoms with Gasteiger partial charge in [-0.15, -0.1) is 0 Å². The molecule has 1 N–H and O–H groups in total. The number of aliphatic hydroxyl groups is 1. The van der Waals surface area contributed by atoms with Crippen molar-refractivity contribution in [2.24, 2.45) is 5.92 Å². The number of likely N-dealkylation sites (tertiary alicyclic amines) is 1. The molecule has 0 aromatic heterocycles. The van der Waals surface area contributed by atoms with Gasteiger partial charge in [-0.2, -0.15) is 5.26 Å². The maximum absolute atomic E-state index is 9.52. The summed E-state index contributed by atoms with van der Waals surface area (Å²) < 4.78 is 0. The molecule has 0 bridgehead atoms. The molecule has 2 atom stereocenters. The quantitative estimate of drug-likeness (QED) is 0.623. The third kappa shape index (κ3) is 1.96. The first kappa shape index (κ1) is 9.50. The Morgan fingerprint density at radius 3 is 2.67 bits per heavy atom. The van der Waals surface area contributed by atoms with Crippen LogP contribution in [0.4, 0.5) is 0 Å². The van der Waals surface area contributed by atoms with Crippen LogP contribution in [0.25, 0.3) is 0 Å². The van der Waals surface area contributed by atoms with Crippen LogP contribution in [0.15, 0.2) is 0 Å². The molecule has 12 heavy (non-hydrogen) atoms. The number of hydrogen-bond acceptors (Lipinski definition) is 3. The minimum atomic E-state index is -0.453. The zero-order chi connectivity index (χ0) is 9.14. The Labute approximate surface area is 73.6 Å². The molecule has 1 fully saturated rings. The molecule has 0 aliphatic carbocycles. The number of β-amino-alcohol motifs (C(OH)–C–C–N with tert-alkyl or cyclic N) is 1. The van der Waals surface area contributed by atoms with Gasteiger partial charge in [-0.1, -0.05) is 0 Å². The molecule has 2 unspecified atom stereocenters. The van der Waals surface area contributed by atoms with Gasteiger partial charge >= 0.3 is 0 Å². The van der Waals surface area contributed by atoms with Gasteiger partial charge in [0, 0.05) is 12.6 Å². The SMILES string of the molecule is CC(C)N1CCC(C#N)C(O)C1. The average molecular weight is 168 g/mol. The normalized spacial score (nSPS) is 31.9. The Morgan fingerprint density at radius 1 is 1.58 bits per heavy atom. The van der Waals surface area contributed by atoms with Crippen molar-refractivity contribution in [3.8, 4) is 6.07 Å². The first-order chi connectivity index (χ1) is 5.65. The molecule has 1 aliphatic rings. The highest BCUT2D eigenvalue weighted by Crippen LogP contribution is 2.18. The fourth-order valence-electron chi connectivity index (χ4n) is 1.58. The molecule has 0 spiro atoms. The summed E-state index contributed by atoms with van der Waals surface area (Å²) in [7, 11) is 0. The third-order valence-electron chi connectivity index (χ3n) is 2.51. The van der Waals surface area contributed by atoms with Crippen molar-refractivity contribution >= 4 is 0 Å². The van der Waals surface area contributed by atoms with Gasteiger partial charge in [0.15, 0.2) is 0 Å². The predicted octanol–water partition coefficient (Wildman–Crippen LogP) is 0.601. The van der Waals surface area contributed by atoms with E-state index < -0.39 is 6.10 Å². The Morgan fingerprint density at radius 2 is 2.25 bits per heavy atom. The highest BCUT2D eigenvalue weighted by Gasteiger charge is 2.28. The second-order valence-corrected chi connectivity index (χ2v) is 3.68. The zero-order valence-corrected chi connectivity index (χ0v) is 7.70. The van der Waals surface area contributed by atoms with E-state index in [9.17, 15) is 5.11 Å². The smallest absolute Gasteiger partial charge is 0.0825 e. The van der Waals surface area contributed by atoms with Gasteiger partial charge in [0.05, 0.1) is 18.1 Å². The van der Waals surface area contributed by atoms with E-state index in [4.69, 9.17) is 5.26 Å². The molecule has 3 nitrogen and oxygen atoms in total. The van der Waals surface area contributed by atoms with Crippen LogP contribution in [0.5, 0.6) is 0 Å². The minimum Gasteiger partial charge on any atom is -0.390 e. The molecular formula is C9H16N2O. The number of hydrogen-bond donors (Lipinski definition) is 1. The number of nitriles is 1. The first-order valence-electron chi connectivity index (χ1n) is 4.47. The maximum atomic E-state index is 9.52. The summed E-state index contributed by atoms with van der Waals surface area (Å²) >= 11 is 0. The Bertz CT molecular complexity index is 185. The fourth-order valence-corrected chi connectivity index (χ4v) is 1.58. The van der Waals surface area contributed by atoms with E-state index in [2.05, 4.69) is 24.8 Å². The lowest BCUT2D eigenvalue weighted by atomic mass is 9.95. The second kappa shape index (κ2) is 3.88. The van der Waals surface area contributed by atoms with Crippen LogP contribution in [0, 0.1) is 17.2 Å². The lowest BCUT2D eigenvalue weighted by molar-refractivity contribution is 0.0289. The molecule has 0 aromatic carbocycles. The van der Waals surface area contributed by atoms with Gasteiger partial charge in [-0.25, -0.2) is 0 Å². The number of rotatable bonds is 1. The second-order valence-electron chi connectivity index (χ2n) is 3.68. The van der Waals surface area contributed by atoms with Crippen LogP contribution in [0.3, 0.4) is 0 Å². The summed E-state index contributed by atoms with van der Waals surface area (Å²) in [6, 6.07) is 2.61. The summed E-state index contributed by atoms with van der Waals surface area (Å²) in [5.74, 6) is -0.153. The topological polar surface area (TPSA) is 47.3 Å². The van der Waals surface area contributed by atoms with E-state index in [-0.39, 0.29) is 5.92 Å². The Hall–Kier alpha value is -0.590. The fraction of sp³-hybridized carbons (Fsp3) is 0.889. The van der Waals surface area contributed by atoms with Crippen LogP contribution in [-0.4, -0.2) is 35.2 Å². The van der Waals surface area contributed by atoms with Gasteiger partial charge < -0.3 is 5.11 Å². The molecule has 0 aromatic rings. The van der Waals surface area contributed by atoms with E-state index >= 15 is 0 Å². The van der Waals surface area contributed by atoms with Crippen molar-refractivity contribution < 1.29 is 5.11 Å². The number of nitrogens with zero attached hydrogens (tertiary/aromatic N) is 2. The van der Waals surface area contributed by atoms with Gasteiger partial charge in [0.25, 0.3) is 0 Å².